The minimum atomic E-state index is -0.387. The van der Waals surface area contributed by atoms with Crippen LogP contribution >= 0.6 is 11.6 Å². The molecule has 1 heterocycles. The third-order valence-electron chi connectivity index (χ3n) is 5.89. The summed E-state index contributed by atoms with van der Waals surface area (Å²) in [5.41, 5.74) is 2.87. The Morgan fingerprint density at radius 3 is 2.40 bits per heavy atom. The van der Waals surface area contributed by atoms with Gasteiger partial charge < -0.3 is 14.4 Å². The Balaban J connectivity index is 1.59. The van der Waals surface area contributed by atoms with Gasteiger partial charge in [-0.05, 0) is 48.0 Å². The normalized spacial score (nSPS) is 14.9. The largest absolute Gasteiger partial charge is 0.497 e. The van der Waals surface area contributed by atoms with E-state index in [1.54, 1.807) is 51.6 Å². The molecule has 1 atom stereocenters. The highest BCUT2D eigenvalue weighted by molar-refractivity contribution is 6.31. The third-order valence-corrected chi connectivity index (χ3v) is 6.23. The van der Waals surface area contributed by atoms with Gasteiger partial charge in [0.05, 0.1) is 26.0 Å². The average molecular weight is 492 g/mol. The fraction of sp³-hybridized carbons (Fsp3) is 0.222. The summed E-state index contributed by atoms with van der Waals surface area (Å²) < 4.78 is 10.5. The van der Waals surface area contributed by atoms with Crippen LogP contribution in [-0.2, 0) is 4.79 Å². The zero-order valence-corrected chi connectivity index (χ0v) is 20.5. The van der Waals surface area contributed by atoms with E-state index < -0.39 is 0 Å². The predicted octanol–water partition coefficient (Wildman–Crippen LogP) is 4.81. The van der Waals surface area contributed by atoms with Crippen LogP contribution in [0, 0.1) is 0 Å². The number of rotatable bonds is 7. The fourth-order valence-electron chi connectivity index (χ4n) is 4.01. The van der Waals surface area contributed by atoms with Crippen molar-refractivity contribution in [2.45, 2.75) is 12.5 Å². The minimum absolute atomic E-state index is 0.138. The van der Waals surface area contributed by atoms with Crippen LogP contribution in [0.15, 0.2) is 77.9 Å². The van der Waals surface area contributed by atoms with Crippen molar-refractivity contribution in [3.8, 4) is 11.5 Å². The number of hydrogen-bond acceptors (Lipinski definition) is 5. The molecule has 0 spiro atoms. The monoisotopic (exact) mass is 491 g/mol. The molecular formula is C27H26ClN3O4. The van der Waals surface area contributed by atoms with Gasteiger partial charge >= 0.3 is 0 Å². The molecule has 0 N–H and O–H groups in total. The molecule has 0 saturated carbocycles. The van der Waals surface area contributed by atoms with E-state index in [-0.39, 0.29) is 24.4 Å². The SMILES string of the molecule is COc1ccc(C(=O)N(C)CC(=O)N2N=C(c3cccc(OC)c3)CC2c2ccccc2Cl)cc1. The number of carbonyl (C=O) groups is 2. The average Bonchev–Trinajstić information content (AvgIpc) is 3.34. The number of methoxy groups -OCH3 is 2. The summed E-state index contributed by atoms with van der Waals surface area (Å²) in [4.78, 5) is 27.7. The van der Waals surface area contributed by atoms with E-state index >= 15 is 0 Å². The van der Waals surface area contributed by atoms with Crippen LogP contribution < -0.4 is 9.47 Å². The number of benzene rings is 3. The molecule has 180 valence electrons. The third kappa shape index (κ3) is 5.30. The van der Waals surface area contributed by atoms with Gasteiger partial charge in [-0.15, -0.1) is 0 Å². The first-order valence-electron chi connectivity index (χ1n) is 11.1. The predicted molar refractivity (Wildman–Crippen MR) is 135 cm³/mol. The Labute approximate surface area is 209 Å². The molecule has 0 bridgehead atoms. The number of halogens is 1. The van der Waals surface area contributed by atoms with Crippen molar-refractivity contribution < 1.29 is 19.1 Å². The van der Waals surface area contributed by atoms with Crippen LogP contribution in [0.5, 0.6) is 11.5 Å². The van der Waals surface area contributed by atoms with Crippen molar-refractivity contribution >= 4 is 29.1 Å². The van der Waals surface area contributed by atoms with Gasteiger partial charge in [0.2, 0.25) is 0 Å². The van der Waals surface area contributed by atoms with Gasteiger partial charge in [-0.2, -0.15) is 5.10 Å². The smallest absolute Gasteiger partial charge is 0.262 e. The zero-order valence-electron chi connectivity index (χ0n) is 19.8. The molecule has 0 aromatic heterocycles. The molecule has 0 aliphatic carbocycles. The van der Waals surface area contributed by atoms with Crippen molar-refractivity contribution in [1.29, 1.82) is 0 Å². The van der Waals surface area contributed by atoms with Gasteiger partial charge in [-0.1, -0.05) is 41.9 Å². The summed E-state index contributed by atoms with van der Waals surface area (Å²) in [6, 6.07) is 21.3. The minimum Gasteiger partial charge on any atom is -0.497 e. The van der Waals surface area contributed by atoms with E-state index in [0.29, 0.717) is 28.5 Å². The molecule has 3 aromatic carbocycles. The van der Waals surface area contributed by atoms with Crippen LogP contribution in [0.1, 0.15) is 33.9 Å². The Bertz CT molecular complexity index is 1260. The van der Waals surface area contributed by atoms with Crippen molar-refractivity contribution in [1.82, 2.24) is 9.91 Å². The van der Waals surface area contributed by atoms with Gasteiger partial charge in [0.15, 0.2) is 0 Å². The van der Waals surface area contributed by atoms with Crippen molar-refractivity contribution in [2.75, 3.05) is 27.8 Å². The number of ether oxygens (including phenoxy) is 2. The molecule has 8 heteroatoms. The second-order valence-corrected chi connectivity index (χ2v) is 8.56. The van der Waals surface area contributed by atoms with Gasteiger partial charge in [0.1, 0.15) is 18.0 Å². The molecule has 7 nitrogen and oxygen atoms in total. The number of hydrogen-bond donors (Lipinski definition) is 0. The lowest BCUT2D eigenvalue weighted by atomic mass is 9.98. The van der Waals surface area contributed by atoms with Gasteiger partial charge in [-0.3, -0.25) is 9.59 Å². The van der Waals surface area contributed by atoms with Crippen molar-refractivity contribution in [3.05, 3.63) is 94.5 Å². The quantitative estimate of drug-likeness (QED) is 0.475. The lowest BCUT2D eigenvalue weighted by Crippen LogP contribution is -2.39. The van der Waals surface area contributed by atoms with E-state index in [0.717, 1.165) is 16.8 Å². The fourth-order valence-corrected chi connectivity index (χ4v) is 4.27. The first-order chi connectivity index (χ1) is 16.9. The lowest BCUT2D eigenvalue weighted by Gasteiger charge is -2.25. The summed E-state index contributed by atoms with van der Waals surface area (Å²) in [7, 11) is 4.76. The highest BCUT2D eigenvalue weighted by Gasteiger charge is 2.35. The van der Waals surface area contributed by atoms with E-state index in [1.165, 1.54) is 9.91 Å². The molecule has 3 aromatic rings. The summed E-state index contributed by atoms with van der Waals surface area (Å²) >= 11 is 6.49. The molecule has 1 aliphatic heterocycles. The van der Waals surface area contributed by atoms with Crippen LogP contribution in [0.3, 0.4) is 0 Å². The highest BCUT2D eigenvalue weighted by Crippen LogP contribution is 2.36. The van der Waals surface area contributed by atoms with Crippen molar-refractivity contribution in [3.63, 3.8) is 0 Å². The van der Waals surface area contributed by atoms with E-state index in [9.17, 15) is 9.59 Å². The highest BCUT2D eigenvalue weighted by atomic mass is 35.5. The number of hydrazone groups is 1. The maximum atomic E-state index is 13.4. The lowest BCUT2D eigenvalue weighted by molar-refractivity contribution is -0.133. The molecule has 0 saturated heterocycles. The Kier molecular flexibility index (Phi) is 7.36. The van der Waals surface area contributed by atoms with E-state index in [2.05, 4.69) is 5.10 Å². The summed E-state index contributed by atoms with van der Waals surface area (Å²) in [5, 5.41) is 6.67. The van der Waals surface area contributed by atoms with Crippen molar-refractivity contribution in [2.24, 2.45) is 5.10 Å². The maximum Gasteiger partial charge on any atom is 0.262 e. The van der Waals surface area contributed by atoms with Crippen LogP contribution in [0.2, 0.25) is 5.02 Å². The van der Waals surface area contributed by atoms with E-state index in [1.807, 2.05) is 42.5 Å². The van der Waals surface area contributed by atoms with E-state index in [4.69, 9.17) is 21.1 Å². The van der Waals surface area contributed by atoms with Gasteiger partial charge in [0, 0.05) is 29.6 Å². The molecule has 1 unspecified atom stereocenters. The first kappa shape index (κ1) is 24.3. The summed E-state index contributed by atoms with van der Waals surface area (Å²) in [6.45, 7) is -0.138. The molecule has 0 fully saturated rings. The Hall–Kier alpha value is -3.84. The standard InChI is InChI=1S/C27H26ClN3O4/c1-30(27(33)18-11-13-20(34-2)14-12-18)17-26(32)31-25(22-9-4-5-10-23(22)28)16-24(29-31)19-7-6-8-21(15-19)35-3/h4-15,25H,16-17H2,1-3H3. The molecule has 1 aliphatic rings. The molecule has 0 radical (unpaired) electrons. The van der Waals surface area contributed by atoms with Crippen LogP contribution in [0.25, 0.3) is 0 Å². The Morgan fingerprint density at radius 2 is 1.71 bits per heavy atom. The molecule has 2 amide bonds. The van der Waals surface area contributed by atoms with Crippen LogP contribution in [0.4, 0.5) is 0 Å². The van der Waals surface area contributed by atoms with Crippen LogP contribution in [-0.4, -0.2) is 55.2 Å². The molecule has 35 heavy (non-hydrogen) atoms. The summed E-state index contributed by atoms with van der Waals surface area (Å²) in [6.07, 6.45) is 0.485. The molecule has 4 rings (SSSR count). The zero-order chi connectivity index (χ0) is 24.9. The summed E-state index contributed by atoms with van der Waals surface area (Å²) in [5.74, 6) is 0.775. The second-order valence-electron chi connectivity index (χ2n) is 8.15. The number of likely N-dealkylation sites (N-methyl/N-ethyl adjacent to an activating group) is 1. The van der Waals surface area contributed by atoms with Gasteiger partial charge in [-0.25, -0.2) is 5.01 Å². The molecular weight excluding hydrogens is 466 g/mol. The first-order valence-corrected chi connectivity index (χ1v) is 11.5. The number of carbonyl (C=O) groups excluding carboxylic acids is 2. The number of nitrogens with zero attached hydrogens (tertiary/aromatic N) is 3. The topological polar surface area (TPSA) is 71.4 Å². The number of amides is 2. The van der Waals surface area contributed by atoms with Gasteiger partial charge in [0.25, 0.3) is 11.8 Å². The Morgan fingerprint density at radius 1 is 1.00 bits per heavy atom. The maximum absolute atomic E-state index is 13.4. The second kappa shape index (κ2) is 10.6.